The third kappa shape index (κ3) is 3.65. The van der Waals surface area contributed by atoms with Gasteiger partial charge in [-0.25, -0.2) is 4.98 Å². The summed E-state index contributed by atoms with van der Waals surface area (Å²) in [6.07, 6.45) is 0.659. The summed E-state index contributed by atoms with van der Waals surface area (Å²) >= 11 is 1.40. The Hall–Kier alpha value is -1.38. The van der Waals surface area contributed by atoms with Gasteiger partial charge in [-0.15, -0.1) is 23.2 Å². The number of nitrogens with one attached hydrogen (secondary N) is 1. The highest BCUT2D eigenvalue weighted by Gasteiger charge is 2.11. The average Bonchev–Trinajstić information content (AvgIpc) is 2.73. The van der Waals surface area contributed by atoms with Crippen LogP contribution in [0.2, 0.25) is 0 Å². The Balaban J connectivity index is 2.48. The van der Waals surface area contributed by atoms with E-state index in [0.717, 1.165) is 5.01 Å². The van der Waals surface area contributed by atoms with Crippen molar-refractivity contribution in [2.24, 2.45) is 5.73 Å². The van der Waals surface area contributed by atoms with Gasteiger partial charge in [0.2, 0.25) is 0 Å². The van der Waals surface area contributed by atoms with E-state index in [4.69, 9.17) is 5.73 Å². The second kappa shape index (κ2) is 6.26. The molecule has 1 unspecified atom stereocenters. The van der Waals surface area contributed by atoms with E-state index in [1.807, 2.05) is 6.92 Å². The molecule has 86 valence electrons. The van der Waals surface area contributed by atoms with Crippen LogP contribution in [0.15, 0.2) is 5.38 Å². The van der Waals surface area contributed by atoms with E-state index in [9.17, 15) is 4.79 Å². The number of hydrogen-bond acceptors (Lipinski definition) is 4. The van der Waals surface area contributed by atoms with Crippen LogP contribution in [0.4, 0.5) is 0 Å². The molecule has 1 atom stereocenters. The minimum Gasteiger partial charge on any atom is -0.350 e. The van der Waals surface area contributed by atoms with Crippen LogP contribution in [0, 0.1) is 11.8 Å². The maximum atomic E-state index is 11.6. The fourth-order valence-corrected chi connectivity index (χ4v) is 1.81. The SMILES string of the molecule is CC#CCCNC(=O)c1csc(C(C)N)n1. The Morgan fingerprint density at radius 2 is 2.50 bits per heavy atom. The van der Waals surface area contributed by atoms with Crippen molar-refractivity contribution in [3.63, 3.8) is 0 Å². The molecule has 0 bridgehead atoms. The number of thiazole rings is 1. The van der Waals surface area contributed by atoms with E-state index >= 15 is 0 Å². The van der Waals surface area contributed by atoms with Crippen LogP contribution in [0.5, 0.6) is 0 Å². The van der Waals surface area contributed by atoms with Crippen LogP contribution in [0.3, 0.4) is 0 Å². The topological polar surface area (TPSA) is 68.0 Å². The second-order valence-corrected chi connectivity index (χ2v) is 4.18. The largest absolute Gasteiger partial charge is 0.350 e. The van der Waals surface area contributed by atoms with Crippen LogP contribution >= 0.6 is 11.3 Å². The van der Waals surface area contributed by atoms with Gasteiger partial charge in [-0.2, -0.15) is 0 Å². The molecule has 0 aliphatic carbocycles. The van der Waals surface area contributed by atoms with Crippen molar-refractivity contribution >= 4 is 17.2 Å². The highest BCUT2D eigenvalue weighted by molar-refractivity contribution is 7.09. The van der Waals surface area contributed by atoms with E-state index in [1.54, 1.807) is 12.3 Å². The number of carbonyl (C=O) groups is 1. The van der Waals surface area contributed by atoms with Crippen molar-refractivity contribution in [1.82, 2.24) is 10.3 Å². The first-order valence-electron chi connectivity index (χ1n) is 5.04. The lowest BCUT2D eigenvalue weighted by molar-refractivity contribution is 0.0950. The molecule has 4 nitrogen and oxygen atoms in total. The fourth-order valence-electron chi connectivity index (χ4n) is 1.06. The molecule has 0 radical (unpaired) electrons. The minimum absolute atomic E-state index is 0.127. The van der Waals surface area contributed by atoms with Gasteiger partial charge in [0.1, 0.15) is 10.7 Å². The summed E-state index contributed by atoms with van der Waals surface area (Å²) in [6.45, 7) is 4.17. The smallest absolute Gasteiger partial charge is 0.270 e. The molecular weight excluding hydrogens is 222 g/mol. The molecule has 5 heteroatoms. The molecule has 0 aliphatic rings. The molecule has 1 amide bonds. The Bertz CT molecular complexity index is 414. The molecule has 1 aromatic heterocycles. The van der Waals surface area contributed by atoms with E-state index in [0.29, 0.717) is 18.7 Å². The number of hydrogen-bond donors (Lipinski definition) is 2. The zero-order valence-corrected chi connectivity index (χ0v) is 10.2. The quantitative estimate of drug-likeness (QED) is 0.613. The molecule has 1 heterocycles. The van der Waals surface area contributed by atoms with Crippen LogP contribution in [-0.4, -0.2) is 17.4 Å². The molecule has 0 fully saturated rings. The van der Waals surface area contributed by atoms with Crippen molar-refractivity contribution in [3.05, 3.63) is 16.1 Å². The van der Waals surface area contributed by atoms with Gasteiger partial charge < -0.3 is 11.1 Å². The van der Waals surface area contributed by atoms with Crippen LogP contribution in [0.25, 0.3) is 0 Å². The van der Waals surface area contributed by atoms with Gasteiger partial charge >= 0.3 is 0 Å². The molecule has 1 aromatic rings. The number of aromatic nitrogens is 1. The summed E-state index contributed by atoms with van der Waals surface area (Å²) in [7, 11) is 0. The molecule has 0 saturated heterocycles. The highest BCUT2D eigenvalue weighted by Crippen LogP contribution is 2.15. The summed E-state index contributed by atoms with van der Waals surface area (Å²) in [4.78, 5) is 15.7. The van der Waals surface area contributed by atoms with Crippen LogP contribution in [-0.2, 0) is 0 Å². The zero-order valence-electron chi connectivity index (χ0n) is 9.41. The number of nitrogens with two attached hydrogens (primary N) is 1. The molecular formula is C11H15N3OS. The van der Waals surface area contributed by atoms with Gasteiger partial charge in [0.15, 0.2) is 0 Å². The zero-order chi connectivity index (χ0) is 12.0. The van der Waals surface area contributed by atoms with Crippen LogP contribution < -0.4 is 11.1 Å². The first kappa shape index (κ1) is 12.7. The van der Waals surface area contributed by atoms with Gasteiger partial charge in [-0.1, -0.05) is 0 Å². The standard InChI is InChI=1S/C11H15N3OS/c1-3-4-5-6-13-10(15)9-7-16-11(14-9)8(2)12/h7-8H,5-6,12H2,1-2H3,(H,13,15). The summed E-state index contributed by atoms with van der Waals surface area (Å²) in [5.74, 6) is 5.48. The van der Waals surface area contributed by atoms with Gasteiger partial charge in [0, 0.05) is 18.3 Å². The summed E-state index contributed by atoms with van der Waals surface area (Å²) in [6, 6.07) is -0.127. The van der Waals surface area contributed by atoms with Gasteiger partial charge in [-0.05, 0) is 13.8 Å². The number of rotatable bonds is 4. The molecule has 0 spiro atoms. The maximum absolute atomic E-state index is 11.6. The van der Waals surface area contributed by atoms with E-state index in [2.05, 4.69) is 22.1 Å². The lowest BCUT2D eigenvalue weighted by Gasteiger charge is -1.99. The van der Waals surface area contributed by atoms with Crippen molar-refractivity contribution < 1.29 is 4.79 Å². The van der Waals surface area contributed by atoms with Crippen molar-refractivity contribution in [3.8, 4) is 11.8 Å². The third-order valence-electron chi connectivity index (χ3n) is 1.86. The Morgan fingerprint density at radius 1 is 1.75 bits per heavy atom. The number of nitrogens with zero attached hydrogens (tertiary/aromatic N) is 1. The summed E-state index contributed by atoms with van der Waals surface area (Å²) in [5, 5.41) is 5.25. The molecule has 0 saturated carbocycles. The molecule has 1 rings (SSSR count). The lowest BCUT2D eigenvalue weighted by Crippen LogP contribution is -2.24. The Labute approximate surface area is 99.3 Å². The monoisotopic (exact) mass is 237 g/mol. The summed E-state index contributed by atoms with van der Waals surface area (Å²) in [5.41, 5.74) is 6.10. The molecule has 0 aliphatic heterocycles. The molecule has 0 aromatic carbocycles. The highest BCUT2D eigenvalue weighted by atomic mass is 32.1. The van der Waals surface area contributed by atoms with E-state index in [-0.39, 0.29) is 11.9 Å². The van der Waals surface area contributed by atoms with E-state index < -0.39 is 0 Å². The first-order valence-corrected chi connectivity index (χ1v) is 5.92. The third-order valence-corrected chi connectivity index (χ3v) is 2.90. The van der Waals surface area contributed by atoms with Crippen molar-refractivity contribution in [1.29, 1.82) is 0 Å². The van der Waals surface area contributed by atoms with Crippen molar-refractivity contribution in [2.75, 3.05) is 6.54 Å². The van der Waals surface area contributed by atoms with Gasteiger partial charge in [0.25, 0.3) is 5.91 Å². The van der Waals surface area contributed by atoms with E-state index in [1.165, 1.54) is 11.3 Å². The fraction of sp³-hybridized carbons (Fsp3) is 0.455. The van der Waals surface area contributed by atoms with Crippen molar-refractivity contribution in [2.45, 2.75) is 26.3 Å². The second-order valence-electron chi connectivity index (χ2n) is 3.29. The predicted molar refractivity (Wildman–Crippen MR) is 65.1 cm³/mol. The number of carbonyl (C=O) groups excluding carboxylic acids is 1. The van der Waals surface area contributed by atoms with Gasteiger partial charge in [0.05, 0.1) is 6.04 Å². The molecule has 16 heavy (non-hydrogen) atoms. The molecule has 3 N–H and O–H groups in total. The number of amides is 1. The Kier molecular flexibility index (Phi) is 4.96. The normalized spacial score (nSPS) is 11.4. The first-order chi connectivity index (χ1) is 7.65. The predicted octanol–water partition coefficient (Wildman–Crippen LogP) is 1.31. The minimum atomic E-state index is -0.166. The van der Waals surface area contributed by atoms with Gasteiger partial charge in [-0.3, -0.25) is 4.79 Å². The Morgan fingerprint density at radius 3 is 3.06 bits per heavy atom. The summed E-state index contributed by atoms with van der Waals surface area (Å²) < 4.78 is 0. The maximum Gasteiger partial charge on any atom is 0.270 e. The average molecular weight is 237 g/mol. The van der Waals surface area contributed by atoms with Crippen LogP contribution in [0.1, 0.15) is 41.8 Å². The lowest BCUT2D eigenvalue weighted by atomic mass is 10.3.